The minimum atomic E-state index is 0.727. The number of aryl methyl sites for hydroxylation is 1. The Bertz CT molecular complexity index is 583. The number of aromatic nitrogens is 4. The summed E-state index contributed by atoms with van der Waals surface area (Å²) in [6.07, 6.45) is 1.80. The van der Waals surface area contributed by atoms with Gasteiger partial charge in [-0.3, -0.25) is 0 Å². The first-order chi connectivity index (χ1) is 9.16. The van der Waals surface area contributed by atoms with E-state index in [2.05, 4.69) is 25.2 Å². The van der Waals surface area contributed by atoms with Crippen LogP contribution in [0.1, 0.15) is 0 Å². The molecule has 0 radical (unpaired) electrons. The summed E-state index contributed by atoms with van der Waals surface area (Å²) in [6, 6.07) is 0. The lowest BCUT2D eigenvalue weighted by Crippen LogP contribution is -2.44. The van der Waals surface area contributed by atoms with Gasteiger partial charge in [-0.05, 0) is 0 Å². The highest BCUT2D eigenvalue weighted by Crippen LogP contribution is 2.24. The molecule has 0 saturated carbocycles. The number of fused-ring (bicyclic) bond motifs is 1. The molecule has 1 N–H and O–H groups in total. The molecule has 3 rings (SSSR count). The number of nitrogens with one attached hydrogen (secondary N) is 1. The average molecular weight is 261 g/mol. The summed E-state index contributed by atoms with van der Waals surface area (Å²) in [5.74, 6) is 1.67. The van der Waals surface area contributed by atoms with Crippen LogP contribution in [0, 0.1) is 0 Å². The summed E-state index contributed by atoms with van der Waals surface area (Å²) in [4.78, 5) is 17.9. The van der Waals surface area contributed by atoms with Gasteiger partial charge in [0.15, 0.2) is 17.0 Å². The summed E-state index contributed by atoms with van der Waals surface area (Å²) in [5.41, 5.74) is 1.77. The molecule has 0 aromatic carbocycles. The molecule has 3 heterocycles. The molecule has 1 aliphatic heterocycles. The van der Waals surface area contributed by atoms with Crippen molar-refractivity contribution in [3.8, 4) is 0 Å². The minimum Gasteiger partial charge on any atom is -0.352 e. The number of imidazole rings is 1. The van der Waals surface area contributed by atoms with Gasteiger partial charge in [0.25, 0.3) is 0 Å². The number of hydrogen-bond acceptors (Lipinski definition) is 6. The number of nitrogens with zero attached hydrogens (tertiary/aromatic N) is 6. The van der Waals surface area contributed by atoms with Gasteiger partial charge in [0.05, 0.1) is 6.33 Å². The molecule has 0 amide bonds. The Morgan fingerprint density at radius 1 is 1.21 bits per heavy atom. The fourth-order valence-corrected chi connectivity index (χ4v) is 2.28. The summed E-state index contributed by atoms with van der Waals surface area (Å²) >= 11 is 0. The van der Waals surface area contributed by atoms with Crippen molar-refractivity contribution in [2.24, 2.45) is 7.05 Å². The maximum absolute atomic E-state index is 4.67. The largest absolute Gasteiger partial charge is 0.352 e. The van der Waals surface area contributed by atoms with Crippen molar-refractivity contribution in [2.75, 3.05) is 50.1 Å². The highest BCUT2D eigenvalue weighted by Gasteiger charge is 2.19. The first-order valence-corrected chi connectivity index (χ1v) is 6.49. The van der Waals surface area contributed by atoms with Crippen LogP contribution < -0.4 is 15.1 Å². The van der Waals surface area contributed by atoms with Crippen molar-refractivity contribution in [3.05, 3.63) is 6.33 Å². The Morgan fingerprint density at radius 3 is 2.63 bits per heavy atom. The number of anilines is 2. The molecule has 0 unspecified atom stereocenters. The standard InChI is InChI=1S/C12H19N7/c1-17(2)12-15-10-9(14-8-18(10)3)11(16-12)19-6-4-13-5-7-19/h8,13H,4-7H2,1-3H3. The van der Waals surface area contributed by atoms with Crippen molar-refractivity contribution in [1.82, 2.24) is 24.8 Å². The number of piperazine rings is 1. The van der Waals surface area contributed by atoms with E-state index in [4.69, 9.17) is 0 Å². The average Bonchev–Trinajstić information content (AvgIpc) is 2.80. The van der Waals surface area contributed by atoms with Crippen molar-refractivity contribution in [2.45, 2.75) is 0 Å². The molecule has 0 aliphatic carbocycles. The summed E-state index contributed by atoms with van der Waals surface area (Å²) in [6.45, 7) is 3.87. The Morgan fingerprint density at radius 2 is 1.95 bits per heavy atom. The van der Waals surface area contributed by atoms with Crippen molar-refractivity contribution < 1.29 is 0 Å². The smallest absolute Gasteiger partial charge is 0.228 e. The SMILES string of the molecule is CN(C)c1nc(N2CCNCC2)c2ncn(C)c2n1. The first kappa shape index (κ1) is 12.2. The van der Waals surface area contributed by atoms with E-state index >= 15 is 0 Å². The van der Waals surface area contributed by atoms with Gasteiger partial charge in [-0.2, -0.15) is 9.97 Å². The van der Waals surface area contributed by atoms with E-state index in [0.29, 0.717) is 0 Å². The van der Waals surface area contributed by atoms with E-state index in [9.17, 15) is 0 Å². The van der Waals surface area contributed by atoms with Crippen LogP contribution in [0.3, 0.4) is 0 Å². The molecular weight excluding hydrogens is 242 g/mol. The zero-order chi connectivity index (χ0) is 13.4. The van der Waals surface area contributed by atoms with E-state index in [1.165, 1.54) is 0 Å². The summed E-state index contributed by atoms with van der Waals surface area (Å²) in [5, 5.41) is 3.35. The van der Waals surface area contributed by atoms with Gasteiger partial charge in [-0.15, -0.1) is 0 Å². The minimum absolute atomic E-state index is 0.727. The van der Waals surface area contributed by atoms with Crippen LogP contribution in [0.4, 0.5) is 11.8 Å². The van der Waals surface area contributed by atoms with Crippen molar-refractivity contribution in [3.63, 3.8) is 0 Å². The third kappa shape index (κ3) is 2.10. The van der Waals surface area contributed by atoms with Crippen LogP contribution >= 0.6 is 0 Å². The molecule has 7 nitrogen and oxygen atoms in total. The number of rotatable bonds is 2. The molecule has 7 heteroatoms. The van der Waals surface area contributed by atoms with Crippen LogP contribution in [0.5, 0.6) is 0 Å². The molecule has 2 aromatic heterocycles. The molecule has 0 bridgehead atoms. The van der Waals surface area contributed by atoms with E-state index in [1.54, 1.807) is 6.33 Å². The lowest BCUT2D eigenvalue weighted by atomic mass is 10.3. The van der Waals surface area contributed by atoms with Gasteiger partial charge in [0.1, 0.15) is 0 Å². The van der Waals surface area contributed by atoms with Crippen LogP contribution in [-0.2, 0) is 7.05 Å². The Kier molecular flexibility index (Phi) is 2.98. The van der Waals surface area contributed by atoms with E-state index in [0.717, 1.165) is 49.1 Å². The van der Waals surface area contributed by atoms with Crippen molar-refractivity contribution in [1.29, 1.82) is 0 Å². The molecule has 2 aromatic rings. The predicted molar refractivity (Wildman–Crippen MR) is 75.7 cm³/mol. The molecule has 0 spiro atoms. The van der Waals surface area contributed by atoms with E-state index in [1.807, 2.05) is 30.6 Å². The molecular formula is C12H19N7. The monoisotopic (exact) mass is 261 g/mol. The third-order valence-corrected chi connectivity index (χ3v) is 3.35. The van der Waals surface area contributed by atoms with Gasteiger partial charge in [-0.25, -0.2) is 4.98 Å². The second kappa shape index (κ2) is 4.65. The van der Waals surface area contributed by atoms with Crippen LogP contribution in [0.2, 0.25) is 0 Å². The first-order valence-electron chi connectivity index (χ1n) is 6.49. The molecule has 1 aliphatic rings. The summed E-state index contributed by atoms with van der Waals surface area (Å²) in [7, 11) is 5.88. The third-order valence-electron chi connectivity index (χ3n) is 3.35. The molecule has 1 fully saturated rings. The molecule has 1 saturated heterocycles. The van der Waals surface area contributed by atoms with Gasteiger partial charge in [-0.1, -0.05) is 0 Å². The lowest BCUT2D eigenvalue weighted by molar-refractivity contribution is 0.585. The summed E-state index contributed by atoms with van der Waals surface area (Å²) < 4.78 is 1.94. The zero-order valence-electron chi connectivity index (χ0n) is 11.6. The Balaban J connectivity index is 2.14. The molecule has 0 atom stereocenters. The Labute approximate surface area is 112 Å². The Hall–Kier alpha value is -1.89. The second-order valence-corrected chi connectivity index (χ2v) is 5.01. The highest BCUT2D eigenvalue weighted by molar-refractivity contribution is 5.85. The van der Waals surface area contributed by atoms with Crippen LogP contribution in [-0.4, -0.2) is 59.8 Å². The molecule has 19 heavy (non-hydrogen) atoms. The van der Waals surface area contributed by atoms with Gasteiger partial charge in [0.2, 0.25) is 5.95 Å². The van der Waals surface area contributed by atoms with Gasteiger partial charge in [0, 0.05) is 47.3 Å². The van der Waals surface area contributed by atoms with Crippen LogP contribution in [0.25, 0.3) is 11.2 Å². The topological polar surface area (TPSA) is 62.1 Å². The maximum atomic E-state index is 4.67. The van der Waals surface area contributed by atoms with E-state index in [-0.39, 0.29) is 0 Å². The molecule has 102 valence electrons. The normalized spacial score (nSPS) is 16.1. The van der Waals surface area contributed by atoms with E-state index < -0.39 is 0 Å². The van der Waals surface area contributed by atoms with Gasteiger partial charge < -0.3 is 19.7 Å². The lowest BCUT2D eigenvalue weighted by Gasteiger charge is -2.29. The highest BCUT2D eigenvalue weighted by atomic mass is 15.3. The maximum Gasteiger partial charge on any atom is 0.228 e. The van der Waals surface area contributed by atoms with Crippen molar-refractivity contribution >= 4 is 22.9 Å². The zero-order valence-corrected chi connectivity index (χ0v) is 11.6. The quantitative estimate of drug-likeness (QED) is 0.810. The fourth-order valence-electron chi connectivity index (χ4n) is 2.28. The fraction of sp³-hybridized carbons (Fsp3) is 0.583. The van der Waals surface area contributed by atoms with Gasteiger partial charge >= 0.3 is 0 Å². The van der Waals surface area contributed by atoms with Crippen LogP contribution in [0.15, 0.2) is 6.33 Å². The second-order valence-electron chi connectivity index (χ2n) is 5.01. The number of hydrogen-bond donors (Lipinski definition) is 1. The predicted octanol–water partition coefficient (Wildman–Crippen LogP) is -0.161.